The van der Waals surface area contributed by atoms with E-state index in [-0.39, 0.29) is 12.2 Å². The lowest BCUT2D eigenvalue weighted by Crippen LogP contribution is -2.39. The predicted octanol–water partition coefficient (Wildman–Crippen LogP) is 3.59. The Bertz CT molecular complexity index is 1500. The lowest BCUT2D eigenvalue weighted by atomic mass is 9.96. The van der Waals surface area contributed by atoms with Crippen LogP contribution in [0.2, 0.25) is 0 Å². The van der Waals surface area contributed by atoms with Crippen molar-refractivity contribution in [2.75, 3.05) is 27.9 Å². The summed E-state index contributed by atoms with van der Waals surface area (Å²) in [6, 6.07) is 10.4. The van der Waals surface area contributed by atoms with E-state index in [1.165, 1.54) is 32.7 Å². The number of nitrogens with zero attached hydrogens (tertiary/aromatic N) is 2. The second-order valence-electron chi connectivity index (χ2n) is 7.81. The number of allylic oxidation sites excluding steroid dienone is 1. The van der Waals surface area contributed by atoms with Crippen molar-refractivity contribution < 1.29 is 23.7 Å². The molecule has 36 heavy (non-hydrogen) atoms. The second kappa shape index (κ2) is 10.7. The van der Waals surface area contributed by atoms with Gasteiger partial charge in [0.05, 0.1) is 49.8 Å². The van der Waals surface area contributed by atoms with Crippen LogP contribution in [0.1, 0.15) is 31.0 Å². The predicted molar refractivity (Wildman–Crippen MR) is 141 cm³/mol. The fourth-order valence-corrected chi connectivity index (χ4v) is 5.40. The zero-order valence-corrected chi connectivity index (χ0v) is 22.9. The highest BCUT2D eigenvalue weighted by molar-refractivity contribution is 9.10. The number of fused-ring (bicyclic) bond motifs is 1. The Morgan fingerprint density at radius 1 is 1.11 bits per heavy atom. The van der Waals surface area contributed by atoms with Crippen molar-refractivity contribution in [3.8, 4) is 17.2 Å². The molecule has 8 nitrogen and oxygen atoms in total. The third kappa shape index (κ3) is 4.70. The molecule has 0 saturated carbocycles. The molecule has 4 rings (SSSR count). The topological polar surface area (TPSA) is 88.4 Å². The Hall–Kier alpha value is -3.37. The molecule has 0 fully saturated rings. The van der Waals surface area contributed by atoms with Crippen LogP contribution >= 0.6 is 27.3 Å². The van der Waals surface area contributed by atoms with Gasteiger partial charge in [-0.05, 0) is 55.3 Å². The summed E-state index contributed by atoms with van der Waals surface area (Å²) in [5.41, 5.74) is 2.05. The number of hydrogen-bond acceptors (Lipinski definition) is 8. The first kappa shape index (κ1) is 25.7. The van der Waals surface area contributed by atoms with Gasteiger partial charge in [0, 0.05) is 4.47 Å². The normalized spacial score (nSPS) is 15.3. The maximum absolute atomic E-state index is 13.7. The van der Waals surface area contributed by atoms with E-state index in [1.807, 2.05) is 24.3 Å². The summed E-state index contributed by atoms with van der Waals surface area (Å²) in [7, 11) is 4.60. The maximum atomic E-state index is 13.7. The Morgan fingerprint density at radius 3 is 2.31 bits per heavy atom. The van der Waals surface area contributed by atoms with Crippen LogP contribution in [-0.4, -0.2) is 38.5 Å². The Morgan fingerprint density at radius 2 is 1.75 bits per heavy atom. The number of hydrogen-bond donors (Lipinski definition) is 0. The molecule has 1 aliphatic rings. The molecule has 1 atom stereocenters. The van der Waals surface area contributed by atoms with Crippen molar-refractivity contribution in [2.45, 2.75) is 19.9 Å². The van der Waals surface area contributed by atoms with Crippen molar-refractivity contribution in [1.29, 1.82) is 0 Å². The van der Waals surface area contributed by atoms with Gasteiger partial charge in [0.25, 0.3) is 5.56 Å². The van der Waals surface area contributed by atoms with E-state index < -0.39 is 12.0 Å². The minimum absolute atomic E-state index is 0.216. The molecule has 0 amide bonds. The van der Waals surface area contributed by atoms with Gasteiger partial charge in [-0.15, -0.1) is 0 Å². The molecule has 0 unspecified atom stereocenters. The van der Waals surface area contributed by atoms with E-state index in [0.717, 1.165) is 10.0 Å². The molecule has 0 bridgehead atoms. The molecule has 0 radical (unpaired) electrons. The molecule has 0 N–H and O–H groups in total. The van der Waals surface area contributed by atoms with E-state index in [4.69, 9.17) is 18.9 Å². The number of thiazole rings is 1. The van der Waals surface area contributed by atoms with E-state index in [2.05, 4.69) is 20.9 Å². The van der Waals surface area contributed by atoms with Crippen molar-refractivity contribution in [3.05, 3.63) is 83.0 Å². The standard InChI is InChI=1S/C26H25BrN2O6S/c1-6-35-25(31)21-14(2)28-26-29(22(21)16-7-9-17(27)10-8-16)24(30)20(36-26)13-15-11-18(32-3)23(34-5)19(12-15)33-4/h7-13,22H,6H2,1-5H3/b20-13-/t22-/m0/s1. The van der Waals surface area contributed by atoms with Crippen LogP contribution in [0, 0.1) is 0 Å². The first-order chi connectivity index (χ1) is 17.3. The van der Waals surface area contributed by atoms with Crippen LogP contribution < -0.4 is 29.1 Å². The monoisotopic (exact) mass is 572 g/mol. The van der Waals surface area contributed by atoms with Crippen molar-refractivity contribution in [1.82, 2.24) is 4.57 Å². The molecule has 0 aliphatic carbocycles. The van der Waals surface area contributed by atoms with Gasteiger partial charge < -0.3 is 18.9 Å². The third-order valence-corrected chi connectivity index (χ3v) is 7.20. The Kier molecular flexibility index (Phi) is 7.65. The average Bonchev–Trinajstić information content (AvgIpc) is 3.17. The Balaban J connectivity index is 1.94. The van der Waals surface area contributed by atoms with Gasteiger partial charge in [0.15, 0.2) is 16.3 Å². The minimum Gasteiger partial charge on any atom is -0.493 e. The van der Waals surface area contributed by atoms with Crippen LogP contribution in [0.5, 0.6) is 17.2 Å². The van der Waals surface area contributed by atoms with Crippen molar-refractivity contribution in [3.63, 3.8) is 0 Å². The van der Waals surface area contributed by atoms with Gasteiger partial charge in [0.2, 0.25) is 5.75 Å². The van der Waals surface area contributed by atoms with Crippen LogP contribution in [0.15, 0.2) is 61.9 Å². The van der Waals surface area contributed by atoms with E-state index in [1.54, 1.807) is 36.6 Å². The molecule has 1 aliphatic heterocycles. The average molecular weight is 573 g/mol. The fraction of sp³-hybridized carbons (Fsp3) is 0.269. The van der Waals surface area contributed by atoms with E-state index >= 15 is 0 Å². The van der Waals surface area contributed by atoms with Gasteiger partial charge in [-0.25, -0.2) is 9.79 Å². The molecule has 0 spiro atoms. The summed E-state index contributed by atoms with van der Waals surface area (Å²) >= 11 is 4.69. The van der Waals surface area contributed by atoms with E-state index in [0.29, 0.717) is 43.4 Å². The largest absolute Gasteiger partial charge is 0.493 e. The van der Waals surface area contributed by atoms with Crippen molar-refractivity contribution >= 4 is 39.3 Å². The molecule has 2 heterocycles. The number of methoxy groups -OCH3 is 3. The minimum atomic E-state index is -0.671. The first-order valence-corrected chi connectivity index (χ1v) is 12.7. The highest BCUT2D eigenvalue weighted by Crippen LogP contribution is 2.38. The second-order valence-corrected chi connectivity index (χ2v) is 9.74. The summed E-state index contributed by atoms with van der Waals surface area (Å²) in [6.07, 6.45) is 1.75. The number of rotatable bonds is 7. The molecule has 2 aromatic carbocycles. The highest BCUT2D eigenvalue weighted by atomic mass is 79.9. The van der Waals surface area contributed by atoms with Gasteiger partial charge in [0.1, 0.15) is 0 Å². The molecular formula is C26H25BrN2O6S. The summed E-state index contributed by atoms with van der Waals surface area (Å²) in [6.45, 7) is 3.72. The first-order valence-electron chi connectivity index (χ1n) is 11.1. The van der Waals surface area contributed by atoms with Crippen LogP contribution in [-0.2, 0) is 9.53 Å². The smallest absolute Gasteiger partial charge is 0.338 e. The Labute approximate surface area is 220 Å². The fourth-order valence-electron chi connectivity index (χ4n) is 4.09. The van der Waals surface area contributed by atoms with Gasteiger partial charge in [-0.2, -0.15) is 0 Å². The summed E-state index contributed by atoms with van der Waals surface area (Å²) in [5.74, 6) is 0.919. The molecule has 1 aromatic heterocycles. The van der Waals surface area contributed by atoms with Crippen LogP contribution in [0.25, 0.3) is 6.08 Å². The number of carbonyl (C=O) groups excluding carboxylic acids is 1. The lowest BCUT2D eigenvalue weighted by Gasteiger charge is -2.24. The molecule has 188 valence electrons. The van der Waals surface area contributed by atoms with Crippen LogP contribution in [0.3, 0.4) is 0 Å². The third-order valence-electron chi connectivity index (χ3n) is 5.69. The highest BCUT2D eigenvalue weighted by Gasteiger charge is 2.33. The molecule has 10 heteroatoms. The summed E-state index contributed by atoms with van der Waals surface area (Å²) in [5, 5.41) is 0. The number of benzene rings is 2. The SMILES string of the molecule is CCOC(=O)C1=C(C)N=c2s/c(=C\c3cc(OC)c(OC)c(OC)c3)c(=O)n2[C@H]1c1ccc(Br)cc1. The zero-order chi connectivity index (χ0) is 26.0. The summed E-state index contributed by atoms with van der Waals surface area (Å²) in [4.78, 5) is 31.8. The maximum Gasteiger partial charge on any atom is 0.338 e. The number of halogens is 1. The number of ether oxygens (including phenoxy) is 4. The quantitative estimate of drug-likeness (QED) is 0.402. The molecule has 0 saturated heterocycles. The number of esters is 1. The van der Waals surface area contributed by atoms with Gasteiger partial charge in [-0.1, -0.05) is 39.4 Å². The zero-order valence-electron chi connectivity index (χ0n) is 20.5. The van der Waals surface area contributed by atoms with Crippen LogP contribution in [0.4, 0.5) is 0 Å². The number of carbonyl (C=O) groups is 1. The van der Waals surface area contributed by atoms with Gasteiger partial charge in [-0.3, -0.25) is 9.36 Å². The lowest BCUT2D eigenvalue weighted by molar-refractivity contribution is -0.139. The molecular weight excluding hydrogens is 548 g/mol. The molecule has 3 aromatic rings. The van der Waals surface area contributed by atoms with E-state index in [9.17, 15) is 9.59 Å². The van der Waals surface area contributed by atoms with Crippen molar-refractivity contribution in [2.24, 2.45) is 4.99 Å². The number of aromatic nitrogens is 1. The van der Waals surface area contributed by atoms with Gasteiger partial charge >= 0.3 is 5.97 Å². The summed E-state index contributed by atoms with van der Waals surface area (Å²) < 4.78 is 24.5.